The van der Waals surface area contributed by atoms with Crippen LogP contribution in [-0.4, -0.2) is 12.4 Å². The molecule has 0 amide bonds. The van der Waals surface area contributed by atoms with E-state index in [4.69, 9.17) is 0 Å². The molecule has 4 nitrogen and oxygen atoms in total. The second kappa shape index (κ2) is 9.59. The van der Waals surface area contributed by atoms with Crippen LogP contribution in [0.2, 0.25) is 0 Å². The molecular weight excluding hydrogens is 320 g/mol. The quantitative estimate of drug-likeness (QED) is 0.854. The minimum absolute atomic E-state index is 0.974. The molecule has 2 aromatic rings. The maximum absolute atomic E-state index is 4.35. The molecule has 0 saturated heterocycles. The Kier molecular flexibility index (Phi) is 6.33. The normalized spacial score (nSPS) is 23.5. The topological polar surface area (TPSA) is 48.8 Å². The van der Waals surface area contributed by atoms with E-state index in [-0.39, 0.29) is 0 Å². The second-order valence-electron chi connectivity index (χ2n) is 5.45. The van der Waals surface area contributed by atoms with Crippen LogP contribution in [0, 0.1) is 0 Å². The van der Waals surface area contributed by atoms with Gasteiger partial charge >= 0.3 is 0 Å². The first-order valence-electron chi connectivity index (χ1n) is 8.33. The van der Waals surface area contributed by atoms with Gasteiger partial charge in [-0.05, 0) is 11.1 Å². The first-order chi connectivity index (χ1) is 12.9. The molecule has 3 rings (SSSR count). The molecule has 128 valence electrons. The van der Waals surface area contributed by atoms with E-state index in [1.54, 1.807) is 24.8 Å². The summed E-state index contributed by atoms with van der Waals surface area (Å²) in [6.45, 7) is 0. The van der Waals surface area contributed by atoms with Crippen molar-refractivity contribution < 1.29 is 0 Å². The molecule has 26 heavy (non-hydrogen) atoms. The predicted molar refractivity (Wildman–Crippen MR) is 110 cm³/mol. The molecule has 0 aliphatic carbocycles. The van der Waals surface area contributed by atoms with Crippen LogP contribution in [0.5, 0.6) is 0 Å². The van der Waals surface area contributed by atoms with E-state index in [1.807, 2.05) is 85.5 Å². The van der Waals surface area contributed by atoms with Crippen LogP contribution in [0.25, 0.3) is 11.1 Å². The number of nitrogens with one attached hydrogen (secondary N) is 2. The zero-order chi connectivity index (χ0) is 17.9. The number of nitrogens with zero attached hydrogens (tertiary/aromatic N) is 2. The molecule has 0 atom stereocenters. The molecule has 0 spiro atoms. The lowest BCUT2D eigenvalue weighted by Crippen LogP contribution is -1.99. The standard InChI is InChI=1S/C22H20N4/c1-3-7-19(8-4-1)21-15-23-11-13-25-17-22(18-26-14-12-24-16-21)20-9-5-2-6-10-20/h1-18,23,26H/b13-11-,14-12-,21-15-,22-18+,24-16+,25-17+. The summed E-state index contributed by atoms with van der Waals surface area (Å²) in [5, 5.41) is 6.27. The Morgan fingerprint density at radius 3 is 1.38 bits per heavy atom. The lowest BCUT2D eigenvalue weighted by Gasteiger charge is -2.03. The van der Waals surface area contributed by atoms with Crippen LogP contribution in [-0.2, 0) is 0 Å². The van der Waals surface area contributed by atoms with Gasteiger partial charge in [-0.1, -0.05) is 60.7 Å². The van der Waals surface area contributed by atoms with Gasteiger partial charge in [-0.25, -0.2) is 0 Å². The van der Waals surface area contributed by atoms with Crippen molar-refractivity contribution in [2.24, 2.45) is 9.98 Å². The molecule has 0 fully saturated rings. The molecule has 1 aliphatic rings. The lowest BCUT2D eigenvalue weighted by molar-refractivity contribution is 1.18. The van der Waals surface area contributed by atoms with Gasteiger partial charge in [0.15, 0.2) is 0 Å². The number of aliphatic imine (C=N–C) groups is 2. The number of allylic oxidation sites excluding steroid dienone is 2. The molecule has 1 aliphatic heterocycles. The molecule has 0 bridgehead atoms. The van der Waals surface area contributed by atoms with E-state index >= 15 is 0 Å². The number of hydrogen-bond donors (Lipinski definition) is 2. The fraction of sp³-hybridized carbons (Fsp3) is 0. The second-order valence-corrected chi connectivity index (χ2v) is 5.45. The molecule has 0 unspecified atom stereocenters. The van der Waals surface area contributed by atoms with E-state index in [1.165, 1.54) is 0 Å². The van der Waals surface area contributed by atoms with Gasteiger partial charge < -0.3 is 10.6 Å². The van der Waals surface area contributed by atoms with E-state index in [9.17, 15) is 0 Å². The SMILES string of the molecule is C1=C\N/C=C(c2ccccc2)/C=N/C=C\N\C=C(c2ccccc2)/C=N/1. The first-order valence-corrected chi connectivity index (χ1v) is 8.33. The van der Waals surface area contributed by atoms with Crippen LogP contribution in [0.4, 0.5) is 0 Å². The fourth-order valence-corrected chi connectivity index (χ4v) is 2.35. The van der Waals surface area contributed by atoms with Crippen LogP contribution >= 0.6 is 0 Å². The van der Waals surface area contributed by atoms with Gasteiger partial charge in [0.25, 0.3) is 0 Å². The van der Waals surface area contributed by atoms with Crippen molar-refractivity contribution in [3.63, 3.8) is 0 Å². The van der Waals surface area contributed by atoms with Crippen molar-refractivity contribution in [3.8, 4) is 0 Å². The summed E-state index contributed by atoms with van der Waals surface area (Å²) >= 11 is 0. The van der Waals surface area contributed by atoms with Crippen molar-refractivity contribution >= 4 is 23.6 Å². The van der Waals surface area contributed by atoms with Crippen LogP contribution < -0.4 is 10.6 Å². The highest BCUT2D eigenvalue weighted by Crippen LogP contribution is 2.12. The summed E-state index contributed by atoms with van der Waals surface area (Å²) in [5.41, 5.74) is 4.11. The Labute approximate surface area is 153 Å². The van der Waals surface area contributed by atoms with Gasteiger partial charge in [0, 0.05) is 60.8 Å². The summed E-state index contributed by atoms with van der Waals surface area (Å²) in [6, 6.07) is 20.2. The molecule has 1 heterocycles. The van der Waals surface area contributed by atoms with Crippen LogP contribution in [0.1, 0.15) is 11.1 Å². The van der Waals surface area contributed by atoms with Gasteiger partial charge in [-0.2, -0.15) is 0 Å². The van der Waals surface area contributed by atoms with Gasteiger partial charge in [-0.3, -0.25) is 9.98 Å². The van der Waals surface area contributed by atoms with Crippen molar-refractivity contribution in [2.75, 3.05) is 0 Å². The number of rotatable bonds is 2. The Morgan fingerprint density at radius 2 is 0.962 bits per heavy atom. The largest absolute Gasteiger partial charge is 0.366 e. The van der Waals surface area contributed by atoms with Crippen LogP contribution in [0.15, 0.2) is 108 Å². The van der Waals surface area contributed by atoms with Crippen molar-refractivity contribution in [2.45, 2.75) is 0 Å². The van der Waals surface area contributed by atoms with E-state index in [0.717, 1.165) is 22.3 Å². The minimum atomic E-state index is 0.974. The highest BCUT2D eigenvalue weighted by molar-refractivity contribution is 6.10. The maximum Gasteiger partial charge on any atom is 0.0428 e. The summed E-state index contributed by atoms with van der Waals surface area (Å²) in [4.78, 5) is 8.70. The zero-order valence-electron chi connectivity index (χ0n) is 14.3. The first kappa shape index (κ1) is 17.2. The summed E-state index contributed by atoms with van der Waals surface area (Å²) in [7, 11) is 0. The van der Waals surface area contributed by atoms with E-state index in [2.05, 4.69) is 20.6 Å². The maximum atomic E-state index is 4.35. The molecule has 2 N–H and O–H groups in total. The third kappa shape index (κ3) is 5.18. The summed E-state index contributed by atoms with van der Waals surface area (Å²) in [6.07, 6.45) is 14.4. The monoisotopic (exact) mass is 340 g/mol. The minimum Gasteiger partial charge on any atom is -0.366 e. The van der Waals surface area contributed by atoms with Crippen molar-refractivity contribution in [1.82, 2.24) is 10.6 Å². The van der Waals surface area contributed by atoms with Crippen LogP contribution in [0.3, 0.4) is 0 Å². The molecule has 4 heteroatoms. The Bertz CT molecular complexity index is 797. The van der Waals surface area contributed by atoms with E-state index < -0.39 is 0 Å². The number of hydrogen-bond acceptors (Lipinski definition) is 4. The molecular formula is C22H20N4. The Morgan fingerprint density at radius 1 is 0.538 bits per heavy atom. The Hall–Kier alpha value is -3.66. The third-order valence-electron chi connectivity index (χ3n) is 3.63. The van der Waals surface area contributed by atoms with Gasteiger partial charge in [-0.15, -0.1) is 0 Å². The summed E-state index contributed by atoms with van der Waals surface area (Å²) < 4.78 is 0. The van der Waals surface area contributed by atoms with Crippen molar-refractivity contribution in [3.05, 3.63) is 109 Å². The average Bonchev–Trinajstić information content (AvgIpc) is 2.71. The zero-order valence-corrected chi connectivity index (χ0v) is 14.3. The van der Waals surface area contributed by atoms with E-state index in [0.29, 0.717) is 0 Å². The smallest absolute Gasteiger partial charge is 0.0428 e. The molecule has 0 radical (unpaired) electrons. The molecule has 2 aromatic carbocycles. The predicted octanol–water partition coefficient (Wildman–Crippen LogP) is 4.35. The average molecular weight is 340 g/mol. The highest BCUT2D eigenvalue weighted by Gasteiger charge is 1.98. The van der Waals surface area contributed by atoms with Gasteiger partial charge in [0.2, 0.25) is 0 Å². The third-order valence-corrected chi connectivity index (χ3v) is 3.63. The van der Waals surface area contributed by atoms with Crippen molar-refractivity contribution in [1.29, 1.82) is 0 Å². The molecule has 0 aromatic heterocycles. The molecule has 0 saturated carbocycles. The fourth-order valence-electron chi connectivity index (χ4n) is 2.35. The number of benzene rings is 2. The van der Waals surface area contributed by atoms with Gasteiger partial charge in [0.05, 0.1) is 0 Å². The van der Waals surface area contributed by atoms with Gasteiger partial charge in [0.1, 0.15) is 0 Å². The highest BCUT2D eigenvalue weighted by atomic mass is 14.8. The Balaban J connectivity index is 1.82. The lowest BCUT2D eigenvalue weighted by atomic mass is 10.1. The summed E-state index contributed by atoms with van der Waals surface area (Å²) in [5.74, 6) is 0.